The summed E-state index contributed by atoms with van der Waals surface area (Å²) in [6.07, 6.45) is 10.8. The lowest BCUT2D eigenvalue weighted by atomic mass is 9.90. The largest absolute Gasteiger partial charge is 0.490 e. The van der Waals surface area contributed by atoms with Gasteiger partial charge in [-0.25, -0.2) is 8.78 Å². The molecule has 0 amide bonds. The zero-order chi connectivity index (χ0) is 26.9. The van der Waals surface area contributed by atoms with Crippen molar-refractivity contribution >= 4 is 0 Å². The lowest BCUT2D eigenvalue weighted by Gasteiger charge is -2.29. The van der Waals surface area contributed by atoms with Gasteiger partial charge in [-0.1, -0.05) is 68.3 Å². The Hall–Kier alpha value is -3.05. The summed E-state index contributed by atoms with van der Waals surface area (Å²) in [5.41, 5.74) is 2.81. The number of halogens is 3. The highest BCUT2D eigenvalue weighted by atomic mass is 19.2. The van der Waals surface area contributed by atoms with Crippen LogP contribution in [0.25, 0.3) is 22.3 Å². The van der Waals surface area contributed by atoms with E-state index in [0.717, 1.165) is 56.1 Å². The normalized spacial score (nSPS) is 17.7. The van der Waals surface area contributed by atoms with Crippen molar-refractivity contribution in [2.75, 3.05) is 13.2 Å². The molecule has 38 heavy (non-hydrogen) atoms. The Kier molecular flexibility index (Phi) is 10.1. The zero-order valence-corrected chi connectivity index (χ0v) is 22.3. The van der Waals surface area contributed by atoms with Gasteiger partial charge in [-0.15, -0.1) is 0 Å². The maximum atomic E-state index is 15.1. The molecular formula is C33H37F3O2. The maximum Gasteiger partial charge on any atom is 0.201 e. The third-order valence-electron chi connectivity index (χ3n) is 7.28. The van der Waals surface area contributed by atoms with Gasteiger partial charge in [0.05, 0.1) is 19.3 Å². The van der Waals surface area contributed by atoms with Crippen LogP contribution in [0, 0.1) is 23.4 Å². The number of unbranched alkanes of at least 4 members (excludes halogenated alkanes) is 2. The van der Waals surface area contributed by atoms with E-state index in [2.05, 4.69) is 19.1 Å². The predicted molar refractivity (Wildman–Crippen MR) is 148 cm³/mol. The minimum atomic E-state index is -0.977. The van der Waals surface area contributed by atoms with Crippen LogP contribution in [0.3, 0.4) is 0 Å². The van der Waals surface area contributed by atoms with Gasteiger partial charge in [0.2, 0.25) is 5.82 Å². The van der Waals surface area contributed by atoms with E-state index in [9.17, 15) is 8.78 Å². The van der Waals surface area contributed by atoms with Crippen LogP contribution in [-0.2, 0) is 4.74 Å². The minimum Gasteiger partial charge on any atom is -0.490 e. The highest BCUT2D eigenvalue weighted by molar-refractivity contribution is 5.71. The summed E-state index contributed by atoms with van der Waals surface area (Å²) in [6, 6.07) is 15.3. The van der Waals surface area contributed by atoms with Crippen molar-refractivity contribution in [2.24, 2.45) is 5.92 Å². The Morgan fingerprint density at radius 2 is 1.66 bits per heavy atom. The first-order valence-electron chi connectivity index (χ1n) is 13.8. The van der Waals surface area contributed by atoms with Gasteiger partial charge in [0.25, 0.3) is 0 Å². The van der Waals surface area contributed by atoms with Crippen LogP contribution in [0.4, 0.5) is 13.2 Å². The van der Waals surface area contributed by atoms with Crippen molar-refractivity contribution in [3.63, 3.8) is 0 Å². The van der Waals surface area contributed by atoms with Gasteiger partial charge in [0.15, 0.2) is 11.6 Å². The van der Waals surface area contributed by atoms with Crippen LogP contribution in [0.2, 0.25) is 0 Å². The molecule has 0 spiro atoms. The number of benzene rings is 3. The summed E-state index contributed by atoms with van der Waals surface area (Å²) in [5, 5.41) is 0. The fourth-order valence-corrected chi connectivity index (χ4v) is 4.99. The number of rotatable bonds is 11. The Balaban J connectivity index is 1.41. The molecule has 0 aromatic heterocycles. The second-order valence-electron chi connectivity index (χ2n) is 10.0. The average molecular weight is 523 g/mol. The first kappa shape index (κ1) is 28.0. The van der Waals surface area contributed by atoms with E-state index in [1.165, 1.54) is 18.2 Å². The molecule has 4 rings (SSSR count). The van der Waals surface area contributed by atoms with Gasteiger partial charge >= 0.3 is 0 Å². The van der Waals surface area contributed by atoms with E-state index in [-0.39, 0.29) is 23.2 Å². The topological polar surface area (TPSA) is 18.5 Å². The fraction of sp³-hybridized carbons (Fsp3) is 0.394. The van der Waals surface area contributed by atoms with Crippen molar-refractivity contribution in [2.45, 2.75) is 64.9 Å². The van der Waals surface area contributed by atoms with Crippen LogP contribution in [0.1, 0.15) is 70.5 Å². The molecule has 1 saturated heterocycles. The molecule has 1 aliphatic rings. The molecule has 202 valence electrons. The molecule has 0 saturated carbocycles. The average Bonchev–Trinajstić information content (AvgIpc) is 2.94. The maximum absolute atomic E-state index is 15.1. The standard InChI is InChI=1S/C33H37F3O2/c1-3-5-7-9-23-10-18-30(38-22-23)28-16-15-26(21-29(28)34)24-11-13-25(14-12-24)27-17-19-31(33(36)32(27)35)37-20-8-6-4-2/h3,5,11-17,19,21,23,30H,4,6-10,18,20,22H2,1-2H3. The molecular weight excluding hydrogens is 485 g/mol. The zero-order valence-electron chi connectivity index (χ0n) is 22.3. The smallest absolute Gasteiger partial charge is 0.201 e. The fourth-order valence-electron chi connectivity index (χ4n) is 4.99. The van der Waals surface area contributed by atoms with Crippen molar-refractivity contribution < 1.29 is 22.6 Å². The van der Waals surface area contributed by atoms with E-state index >= 15 is 4.39 Å². The summed E-state index contributed by atoms with van der Waals surface area (Å²) < 4.78 is 55.9. The molecule has 2 atom stereocenters. The van der Waals surface area contributed by atoms with Gasteiger partial charge in [-0.2, -0.15) is 4.39 Å². The Labute approximate surface area is 224 Å². The molecule has 3 aromatic carbocycles. The first-order valence-corrected chi connectivity index (χ1v) is 13.8. The SMILES string of the molecule is CC=CCCC1CCC(c2ccc(-c3ccc(-c4ccc(OCCCCC)c(F)c4F)cc3)cc2F)OC1. The molecule has 1 aliphatic heterocycles. The van der Waals surface area contributed by atoms with Crippen molar-refractivity contribution in [1.82, 2.24) is 0 Å². The molecule has 0 bridgehead atoms. The molecule has 5 heteroatoms. The number of hydrogen-bond acceptors (Lipinski definition) is 2. The highest BCUT2D eigenvalue weighted by Gasteiger charge is 2.25. The second kappa shape index (κ2) is 13.7. The molecule has 0 N–H and O–H groups in total. The second-order valence-corrected chi connectivity index (χ2v) is 10.0. The molecule has 0 radical (unpaired) electrons. The monoisotopic (exact) mass is 522 g/mol. The van der Waals surface area contributed by atoms with Gasteiger partial charge < -0.3 is 9.47 Å². The Bertz CT molecular complexity index is 1210. The van der Waals surface area contributed by atoms with Gasteiger partial charge in [-0.3, -0.25) is 0 Å². The first-order chi connectivity index (χ1) is 18.5. The van der Waals surface area contributed by atoms with Crippen LogP contribution in [0.15, 0.2) is 66.7 Å². The minimum absolute atomic E-state index is 0.0688. The molecule has 1 fully saturated rings. The van der Waals surface area contributed by atoms with Crippen LogP contribution in [-0.4, -0.2) is 13.2 Å². The molecule has 2 nitrogen and oxygen atoms in total. The van der Waals surface area contributed by atoms with Gasteiger partial charge in [0, 0.05) is 11.1 Å². The lowest BCUT2D eigenvalue weighted by molar-refractivity contribution is -0.0207. The van der Waals surface area contributed by atoms with Crippen molar-refractivity contribution in [3.05, 3.63) is 89.8 Å². The summed E-state index contributed by atoms with van der Waals surface area (Å²) in [6.45, 7) is 5.12. The highest BCUT2D eigenvalue weighted by Crippen LogP contribution is 2.36. The summed E-state index contributed by atoms with van der Waals surface area (Å²) in [4.78, 5) is 0. The van der Waals surface area contributed by atoms with Crippen LogP contribution >= 0.6 is 0 Å². The third kappa shape index (κ3) is 6.87. The van der Waals surface area contributed by atoms with Gasteiger partial charge in [-0.05, 0) is 79.8 Å². The lowest BCUT2D eigenvalue weighted by Crippen LogP contribution is -2.21. The number of allylic oxidation sites excluding steroid dienone is 2. The molecule has 3 aromatic rings. The van der Waals surface area contributed by atoms with E-state index in [1.54, 1.807) is 30.3 Å². The Morgan fingerprint density at radius 1 is 0.895 bits per heavy atom. The number of ether oxygens (including phenoxy) is 2. The Morgan fingerprint density at radius 3 is 2.34 bits per heavy atom. The van der Waals surface area contributed by atoms with Crippen LogP contribution < -0.4 is 4.74 Å². The van der Waals surface area contributed by atoms with Crippen molar-refractivity contribution in [1.29, 1.82) is 0 Å². The van der Waals surface area contributed by atoms with Crippen LogP contribution in [0.5, 0.6) is 5.75 Å². The summed E-state index contributed by atoms with van der Waals surface area (Å²) >= 11 is 0. The molecule has 1 heterocycles. The molecule has 0 aliphatic carbocycles. The summed E-state index contributed by atoms with van der Waals surface area (Å²) in [5.74, 6) is -1.74. The van der Waals surface area contributed by atoms with Gasteiger partial charge in [0.1, 0.15) is 5.82 Å². The third-order valence-corrected chi connectivity index (χ3v) is 7.28. The molecule has 2 unspecified atom stereocenters. The predicted octanol–water partition coefficient (Wildman–Crippen LogP) is 9.83. The van der Waals surface area contributed by atoms with E-state index < -0.39 is 11.6 Å². The van der Waals surface area contributed by atoms with E-state index in [1.807, 2.05) is 13.0 Å². The van der Waals surface area contributed by atoms with E-state index in [0.29, 0.717) is 30.3 Å². The summed E-state index contributed by atoms with van der Waals surface area (Å²) in [7, 11) is 0. The van der Waals surface area contributed by atoms with Crippen molar-refractivity contribution in [3.8, 4) is 28.0 Å². The quantitative estimate of drug-likeness (QED) is 0.184. The van der Waals surface area contributed by atoms with E-state index in [4.69, 9.17) is 9.47 Å². The number of hydrogen-bond donors (Lipinski definition) is 0.